The van der Waals surface area contributed by atoms with Gasteiger partial charge < -0.3 is 5.32 Å². The number of nitrogens with zero attached hydrogens (tertiary/aromatic N) is 1. The van der Waals surface area contributed by atoms with E-state index in [1.165, 1.54) is 0 Å². The van der Waals surface area contributed by atoms with E-state index in [-0.39, 0.29) is 0 Å². The number of nitrogens with one attached hydrogen (secondary N) is 1. The van der Waals surface area contributed by atoms with Crippen molar-refractivity contribution >= 4 is 40.5 Å². The largest absolute Gasteiger partial charge is 0.383 e. The molecule has 0 aliphatic heterocycles. The third-order valence-corrected chi connectivity index (χ3v) is 2.60. The highest BCUT2D eigenvalue weighted by atomic mass is 35.5. The van der Waals surface area contributed by atoms with Gasteiger partial charge in [-0.2, -0.15) is 5.26 Å². The normalized spacial score (nSPS) is 9.57. The number of hydrogen-bond donors (Lipinski definition) is 1. The lowest BCUT2D eigenvalue weighted by Crippen LogP contribution is -2.00. The molecule has 0 bridgehead atoms. The molecule has 0 radical (unpaired) electrons. The maximum atomic E-state index is 8.34. The van der Waals surface area contributed by atoms with Crippen molar-refractivity contribution in [3.8, 4) is 6.07 Å². The van der Waals surface area contributed by atoms with E-state index < -0.39 is 0 Å². The summed E-state index contributed by atoms with van der Waals surface area (Å²) in [6.45, 7) is 0.536. The van der Waals surface area contributed by atoms with Gasteiger partial charge in [0.1, 0.15) is 0 Å². The zero-order valence-electron chi connectivity index (χ0n) is 7.15. The van der Waals surface area contributed by atoms with E-state index in [1.807, 2.05) is 6.07 Å². The van der Waals surface area contributed by atoms with Crippen LogP contribution in [-0.2, 0) is 0 Å². The number of benzene rings is 1. The molecule has 2 nitrogen and oxygen atoms in total. The molecule has 0 aliphatic carbocycles. The van der Waals surface area contributed by atoms with E-state index in [0.29, 0.717) is 33.7 Å². The first-order valence-electron chi connectivity index (χ1n) is 3.90. The molecule has 0 saturated carbocycles. The molecule has 0 fully saturated rings. The molecule has 1 N–H and O–H groups in total. The third-order valence-electron chi connectivity index (χ3n) is 1.56. The fraction of sp³-hybridized carbons (Fsp3) is 0.222. The van der Waals surface area contributed by atoms with Crippen molar-refractivity contribution in [2.45, 2.75) is 6.42 Å². The molecule has 0 amide bonds. The molecule has 0 aliphatic rings. The van der Waals surface area contributed by atoms with Crippen LogP contribution >= 0.6 is 34.8 Å². The number of anilines is 1. The van der Waals surface area contributed by atoms with Gasteiger partial charge in [-0.1, -0.05) is 34.8 Å². The Morgan fingerprint density at radius 1 is 1.14 bits per heavy atom. The number of rotatable bonds is 3. The lowest BCUT2D eigenvalue weighted by molar-refractivity contribution is 1.08. The Bertz CT molecular complexity index is 371. The van der Waals surface area contributed by atoms with Gasteiger partial charge in [0, 0.05) is 6.54 Å². The quantitative estimate of drug-likeness (QED) is 0.650. The summed E-state index contributed by atoms with van der Waals surface area (Å²) in [4.78, 5) is 0. The maximum absolute atomic E-state index is 8.34. The second-order valence-electron chi connectivity index (χ2n) is 2.58. The lowest BCUT2D eigenvalue weighted by Gasteiger charge is -2.07. The molecule has 14 heavy (non-hydrogen) atoms. The Hall–Kier alpha value is -0.620. The van der Waals surface area contributed by atoms with Gasteiger partial charge in [0.2, 0.25) is 0 Å². The van der Waals surface area contributed by atoms with E-state index in [2.05, 4.69) is 5.32 Å². The highest BCUT2D eigenvalue weighted by Crippen LogP contribution is 2.32. The first-order chi connectivity index (χ1) is 6.65. The van der Waals surface area contributed by atoms with Crippen LogP contribution in [0.15, 0.2) is 12.1 Å². The summed E-state index contributed by atoms with van der Waals surface area (Å²) in [5.41, 5.74) is 0.691. The van der Waals surface area contributed by atoms with E-state index >= 15 is 0 Å². The van der Waals surface area contributed by atoms with Gasteiger partial charge in [-0.05, 0) is 12.1 Å². The molecule has 74 valence electrons. The Labute approximate surface area is 97.4 Å². The van der Waals surface area contributed by atoms with E-state index in [1.54, 1.807) is 12.1 Å². The Morgan fingerprint density at radius 2 is 1.79 bits per heavy atom. The molecule has 0 saturated heterocycles. The Balaban J connectivity index is 2.78. The highest BCUT2D eigenvalue weighted by molar-refractivity contribution is 6.44. The minimum atomic E-state index is 0.413. The minimum Gasteiger partial charge on any atom is -0.383 e. The molecule has 5 heteroatoms. The van der Waals surface area contributed by atoms with Crippen molar-refractivity contribution < 1.29 is 0 Å². The minimum absolute atomic E-state index is 0.413. The van der Waals surface area contributed by atoms with Gasteiger partial charge in [-0.25, -0.2) is 0 Å². The molecule has 0 unspecified atom stereocenters. The van der Waals surface area contributed by atoms with Crippen molar-refractivity contribution in [1.29, 1.82) is 5.26 Å². The first-order valence-corrected chi connectivity index (χ1v) is 5.04. The second-order valence-corrected chi connectivity index (χ2v) is 3.80. The number of hydrogen-bond acceptors (Lipinski definition) is 2. The molecule has 0 atom stereocenters. The molecule has 1 rings (SSSR count). The summed E-state index contributed by atoms with van der Waals surface area (Å²) in [6, 6.07) is 5.23. The summed E-state index contributed by atoms with van der Waals surface area (Å²) < 4.78 is 0. The Morgan fingerprint density at radius 3 is 2.43 bits per heavy atom. The summed E-state index contributed by atoms with van der Waals surface area (Å²) in [5, 5.41) is 12.7. The number of nitriles is 1. The first kappa shape index (κ1) is 11.5. The molecule has 0 heterocycles. The summed E-state index contributed by atoms with van der Waals surface area (Å²) in [7, 11) is 0. The van der Waals surface area contributed by atoms with Crippen molar-refractivity contribution in [2.24, 2.45) is 0 Å². The van der Waals surface area contributed by atoms with Crippen LogP contribution < -0.4 is 5.32 Å². The molecule has 1 aromatic rings. The van der Waals surface area contributed by atoms with Crippen LogP contribution in [0.25, 0.3) is 0 Å². The molecular formula is C9H7Cl3N2. The van der Waals surface area contributed by atoms with E-state index in [0.717, 1.165) is 0 Å². The zero-order valence-corrected chi connectivity index (χ0v) is 9.42. The lowest BCUT2D eigenvalue weighted by atomic mass is 10.3. The number of halogens is 3. The van der Waals surface area contributed by atoms with Gasteiger partial charge in [-0.15, -0.1) is 0 Å². The van der Waals surface area contributed by atoms with Crippen molar-refractivity contribution in [1.82, 2.24) is 0 Å². The summed E-state index contributed by atoms with van der Waals surface area (Å²) in [6.07, 6.45) is 0.413. The highest BCUT2D eigenvalue weighted by Gasteiger charge is 2.04. The van der Waals surface area contributed by atoms with Gasteiger partial charge in [-0.3, -0.25) is 0 Å². The van der Waals surface area contributed by atoms with Gasteiger partial charge >= 0.3 is 0 Å². The standard InChI is InChI=1S/C9H7Cl3N2/c10-6-4-8(12)9(5-7(6)11)14-3-1-2-13/h4-5,14H,1,3H2. The zero-order chi connectivity index (χ0) is 10.6. The van der Waals surface area contributed by atoms with Crippen molar-refractivity contribution in [2.75, 3.05) is 11.9 Å². The van der Waals surface area contributed by atoms with Crippen LogP contribution in [0.2, 0.25) is 15.1 Å². The van der Waals surface area contributed by atoms with Gasteiger partial charge in [0.25, 0.3) is 0 Å². The fourth-order valence-corrected chi connectivity index (χ4v) is 1.52. The average Bonchev–Trinajstić information content (AvgIpc) is 2.14. The van der Waals surface area contributed by atoms with Crippen LogP contribution in [0.4, 0.5) is 5.69 Å². The van der Waals surface area contributed by atoms with E-state index in [4.69, 9.17) is 40.1 Å². The predicted molar refractivity (Wildman–Crippen MR) is 60.2 cm³/mol. The van der Waals surface area contributed by atoms with Crippen molar-refractivity contribution in [3.63, 3.8) is 0 Å². The second kappa shape index (κ2) is 5.31. The summed E-state index contributed by atoms with van der Waals surface area (Å²) >= 11 is 17.4. The topological polar surface area (TPSA) is 35.8 Å². The van der Waals surface area contributed by atoms with Gasteiger partial charge in [0.15, 0.2) is 0 Å². The monoisotopic (exact) mass is 248 g/mol. The van der Waals surface area contributed by atoms with Crippen LogP contribution in [0, 0.1) is 11.3 Å². The van der Waals surface area contributed by atoms with Crippen LogP contribution in [0.5, 0.6) is 0 Å². The third kappa shape index (κ3) is 2.95. The summed E-state index contributed by atoms with van der Waals surface area (Å²) in [5.74, 6) is 0. The molecule has 0 spiro atoms. The smallest absolute Gasteiger partial charge is 0.0653 e. The average molecular weight is 250 g/mol. The SMILES string of the molecule is N#CCCNc1cc(Cl)c(Cl)cc1Cl. The predicted octanol–water partition coefficient (Wildman–Crippen LogP) is 3.97. The van der Waals surface area contributed by atoms with Crippen molar-refractivity contribution in [3.05, 3.63) is 27.2 Å². The molecular weight excluding hydrogens is 242 g/mol. The van der Waals surface area contributed by atoms with Crippen LogP contribution in [0.1, 0.15) is 6.42 Å². The molecule has 1 aromatic carbocycles. The maximum Gasteiger partial charge on any atom is 0.0653 e. The van der Waals surface area contributed by atoms with E-state index in [9.17, 15) is 0 Å². The fourth-order valence-electron chi connectivity index (χ4n) is 0.911. The Kier molecular flexibility index (Phi) is 4.34. The van der Waals surface area contributed by atoms with Crippen LogP contribution in [-0.4, -0.2) is 6.54 Å². The molecule has 0 aromatic heterocycles. The van der Waals surface area contributed by atoms with Gasteiger partial charge in [0.05, 0.1) is 33.2 Å². The van der Waals surface area contributed by atoms with Crippen LogP contribution in [0.3, 0.4) is 0 Å².